The molecule has 0 aliphatic carbocycles. The van der Waals surface area contributed by atoms with Crippen LogP contribution in [0.15, 0.2) is 35.1 Å². The third-order valence-corrected chi connectivity index (χ3v) is 4.09. The molecular weight excluding hydrogens is 358 g/mol. The predicted octanol–water partition coefficient (Wildman–Crippen LogP) is 2.72. The van der Waals surface area contributed by atoms with Gasteiger partial charge in [0.25, 0.3) is 0 Å². The predicted molar refractivity (Wildman–Crippen MR) is 78.6 cm³/mol. The fourth-order valence-corrected chi connectivity index (χ4v) is 2.59. The first-order valence-electron chi connectivity index (χ1n) is 5.62. The molecule has 1 unspecified atom stereocenters. The summed E-state index contributed by atoms with van der Waals surface area (Å²) in [5.74, 6) is -6.16. The number of hydrogen-bond acceptors (Lipinski definition) is 4. The van der Waals surface area contributed by atoms with E-state index in [9.17, 15) is 19.8 Å². The number of carbonyl (C=O) groups is 2. The Balaban J connectivity index is 2.81. The number of hydrogen-bond donors (Lipinski definition) is 3. The maximum absolute atomic E-state index is 11.4. The lowest BCUT2D eigenvalue weighted by Crippen LogP contribution is -2.43. The second-order valence-electron chi connectivity index (χ2n) is 4.19. The van der Waals surface area contributed by atoms with Crippen LogP contribution >= 0.6 is 34.8 Å². The quantitative estimate of drug-likeness (QED) is 0.761. The molecule has 116 valence electrons. The van der Waals surface area contributed by atoms with E-state index < -0.39 is 33.9 Å². The average molecular weight is 366 g/mol. The number of carboxylic acid groups (broad SMARTS) is 2. The first kappa shape index (κ1) is 16.6. The summed E-state index contributed by atoms with van der Waals surface area (Å²) in [7, 11) is 0. The molecule has 1 atom stereocenters. The molecule has 0 amide bonds. The summed E-state index contributed by atoms with van der Waals surface area (Å²) in [6, 6.07) is 4.19. The van der Waals surface area contributed by atoms with Crippen molar-refractivity contribution >= 4 is 52.3 Å². The Kier molecular flexibility index (Phi) is 4.39. The molecule has 2 rings (SSSR count). The van der Waals surface area contributed by atoms with E-state index in [0.29, 0.717) is 6.26 Å². The first-order chi connectivity index (χ1) is 10.2. The molecule has 1 aliphatic rings. The third-order valence-electron chi connectivity index (χ3n) is 2.88. The zero-order chi connectivity index (χ0) is 16.7. The normalized spacial score (nSPS) is 21.2. The number of aliphatic hydroxyl groups is 1. The highest BCUT2D eigenvalue weighted by Crippen LogP contribution is 2.44. The maximum atomic E-state index is 11.4. The van der Waals surface area contributed by atoms with Gasteiger partial charge in [-0.3, -0.25) is 0 Å². The van der Waals surface area contributed by atoms with Crippen LogP contribution in [0.1, 0.15) is 5.56 Å². The SMILES string of the molecule is O=C(O)C1=COC(O)(C(=O)O)C(c2cccc(Cl)c2Cl)=C1Cl. The van der Waals surface area contributed by atoms with Crippen molar-refractivity contribution in [1.82, 2.24) is 0 Å². The van der Waals surface area contributed by atoms with Crippen LogP contribution in [0.3, 0.4) is 0 Å². The van der Waals surface area contributed by atoms with Crippen LogP contribution in [0.4, 0.5) is 0 Å². The van der Waals surface area contributed by atoms with Crippen LogP contribution in [-0.4, -0.2) is 33.0 Å². The van der Waals surface area contributed by atoms with E-state index in [-0.39, 0.29) is 15.6 Å². The van der Waals surface area contributed by atoms with Crippen molar-refractivity contribution in [2.75, 3.05) is 0 Å². The Hall–Kier alpha value is -1.73. The summed E-state index contributed by atoms with van der Waals surface area (Å²) in [6.07, 6.45) is 0.556. The van der Waals surface area contributed by atoms with E-state index in [4.69, 9.17) is 44.6 Å². The fraction of sp³-hybridized carbons (Fsp3) is 0.0769. The van der Waals surface area contributed by atoms with Crippen LogP contribution in [0, 0.1) is 0 Å². The van der Waals surface area contributed by atoms with Crippen LogP contribution in [0.2, 0.25) is 10.0 Å². The molecule has 6 nitrogen and oxygen atoms in total. The van der Waals surface area contributed by atoms with Crippen molar-refractivity contribution in [3.8, 4) is 0 Å². The average Bonchev–Trinajstić information content (AvgIpc) is 2.42. The topological polar surface area (TPSA) is 104 Å². The summed E-state index contributed by atoms with van der Waals surface area (Å²) < 4.78 is 4.70. The molecule has 3 N–H and O–H groups in total. The van der Waals surface area contributed by atoms with Gasteiger partial charge in [0.15, 0.2) is 0 Å². The van der Waals surface area contributed by atoms with Gasteiger partial charge >= 0.3 is 17.7 Å². The zero-order valence-corrected chi connectivity index (χ0v) is 12.8. The smallest absolute Gasteiger partial charge is 0.382 e. The highest BCUT2D eigenvalue weighted by Gasteiger charge is 2.49. The summed E-state index contributed by atoms with van der Waals surface area (Å²) in [5.41, 5.74) is -1.11. The van der Waals surface area contributed by atoms with E-state index >= 15 is 0 Å². The molecule has 0 radical (unpaired) electrons. The lowest BCUT2D eigenvalue weighted by molar-refractivity contribution is -0.186. The van der Waals surface area contributed by atoms with E-state index in [1.807, 2.05) is 0 Å². The number of benzene rings is 1. The van der Waals surface area contributed by atoms with Crippen LogP contribution in [0.5, 0.6) is 0 Å². The molecule has 1 heterocycles. The number of ether oxygens (including phenoxy) is 1. The van der Waals surface area contributed by atoms with Gasteiger partial charge in [-0.1, -0.05) is 46.9 Å². The summed E-state index contributed by atoms with van der Waals surface area (Å²) >= 11 is 17.8. The number of halogens is 3. The van der Waals surface area contributed by atoms with Crippen molar-refractivity contribution < 1.29 is 29.6 Å². The second-order valence-corrected chi connectivity index (χ2v) is 5.36. The van der Waals surface area contributed by atoms with Crippen molar-refractivity contribution in [3.63, 3.8) is 0 Å². The van der Waals surface area contributed by atoms with Gasteiger partial charge in [0.05, 0.1) is 20.7 Å². The maximum Gasteiger partial charge on any atom is 0.382 e. The molecule has 22 heavy (non-hydrogen) atoms. The first-order valence-corrected chi connectivity index (χ1v) is 6.75. The number of carboxylic acids is 2. The van der Waals surface area contributed by atoms with Crippen molar-refractivity contribution in [2.45, 2.75) is 5.79 Å². The molecule has 0 saturated carbocycles. The molecule has 0 saturated heterocycles. The fourth-order valence-electron chi connectivity index (χ4n) is 1.84. The number of rotatable bonds is 3. The molecule has 1 aromatic carbocycles. The van der Waals surface area contributed by atoms with Crippen LogP contribution in [0.25, 0.3) is 5.57 Å². The van der Waals surface area contributed by atoms with E-state index in [2.05, 4.69) is 0 Å². The van der Waals surface area contributed by atoms with Gasteiger partial charge in [0.1, 0.15) is 11.8 Å². The Bertz CT molecular complexity index is 739. The van der Waals surface area contributed by atoms with E-state index in [1.165, 1.54) is 18.2 Å². The van der Waals surface area contributed by atoms with Crippen LogP contribution in [-0.2, 0) is 14.3 Å². The van der Waals surface area contributed by atoms with Gasteiger partial charge in [-0.15, -0.1) is 0 Å². The molecule has 9 heteroatoms. The zero-order valence-electron chi connectivity index (χ0n) is 10.5. The van der Waals surface area contributed by atoms with Gasteiger partial charge in [-0.2, -0.15) is 0 Å². The molecule has 0 bridgehead atoms. The largest absolute Gasteiger partial charge is 0.478 e. The Morgan fingerprint density at radius 2 is 1.77 bits per heavy atom. The van der Waals surface area contributed by atoms with Gasteiger partial charge in [-0.05, 0) is 6.07 Å². The minimum Gasteiger partial charge on any atom is -0.478 e. The monoisotopic (exact) mass is 364 g/mol. The summed E-state index contributed by atoms with van der Waals surface area (Å²) in [4.78, 5) is 22.5. The van der Waals surface area contributed by atoms with Gasteiger partial charge in [-0.25, -0.2) is 9.59 Å². The lowest BCUT2D eigenvalue weighted by Gasteiger charge is -2.30. The molecule has 0 fully saturated rings. The van der Waals surface area contributed by atoms with Crippen LogP contribution < -0.4 is 0 Å². The molecular formula is C13H7Cl3O6. The van der Waals surface area contributed by atoms with Crippen molar-refractivity contribution in [2.24, 2.45) is 0 Å². The minimum absolute atomic E-state index is 0.0593. The molecule has 1 aromatic rings. The van der Waals surface area contributed by atoms with Gasteiger partial charge in [0.2, 0.25) is 0 Å². The third kappa shape index (κ3) is 2.55. The minimum atomic E-state index is -2.90. The molecule has 0 spiro atoms. The highest BCUT2D eigenvalue weighted by atomic mass is 35.5. The van der Waals surface area contributed by atoms with E-state index in [0.717, 1.165) is 0 Å². The Labute approximate surface area is 138 Å². The number of aliphatic carboxylic acids is 2. The highest BCUT2D eigenvalue weighted by molar-refractivity contribution is 6.44. The summed E-state index contributed by atoms with van der Waals surface area (Å²) in [5, 5.41) is 27.9. The Morgan fingerprint density at radius 3 is 2.32 bits per heavy atom. The lowest BCUT2D eigenvalue weighted by atomic mass is 9.93. The van der Waals surface area contributed by atoms with Gasteiger partial charge < -0.3 is 20.1 Å². The van der Waals surface area contributed by atoms with Crippen molar-refractivity contribution in [3.05, 3.63) is 50.7 Å². The van der Waals surface area contributed by atoms with Crippen molar-refractivity contribution in [1.29, 1.82) is 0 Å². The summed E-state index contributed by atoms with van der Waals surface area (Å²) in [6.45, 7) is 0. The van der Waals surface area contributed by atoms with E-state index in [1.54, 1.807) is 0 Å². The molecule has 1 aliphatic heterocycles. The molecule has 0 aromatic heterocycles. The standard InChI is InChI=1S/C13H7Cl3O6/c14-7-3-1-2-5(9(7)15)8-10(16)6(11(17)18)4-22-13(8,21)12(19)20/h1-4,21H,(H,17,18)(H,19,20). The van der Waals surface area contributed by atoms with Gasteiger partial charge in [0, 0.05) is 5.56 Å². The Morgan fingerprint density at radius 1 is 1.14 bits per heavy atom. The second kappa shape index (κ2) is 5.81.